The van der Waals surface area contributed by atoms with Crippen molar-refractivity contribution in [2.24, 2.45) is 0 Å². The standard InChI is InChI=1S/C16H25NO4/c1-20-16-6-2-4-13(8-16)11-21-12-15(19)10-17-7-3-5-14(18)9-17/h2,4,6,8,14-15,18-19H,3,5,7,9-12H2,1H3/t14-,15-/m0/s1. The first-order valence-corrected chi connectivity index (χ1v) is 7.46. The molecule has 0 aliphatic carbocycles. The predicted molar refractivity (Wildman–Crippen MR) is 80.3 cm³/mol. The summed E-state index contributed by atoms with van der Waals surface area (Å²) >= 11 is 0. The van der Waals surface area contributed by atoms with Gasteiger partial charge in [-0.2, -0.15) is 0 Å². The lowest BCUT2D eigenvalue weighted by Crippen LogP contribution is -2.43. The molecule has 1 saturated heterocycles. The normalized spacial score (nSPS) is 21.2. The Morgan fingerprint density at radius 3 is 3.05 bits per heavy atom. The van der Waals surface area contributed by atoms with Gasteiger partial charge in [-0.3, -0.25) is 4.90 Å². The van der Waals surface area contributed by atoms with Crippen LogP contribution in [-0.2, 0) is 11.3 Å². The highest BCUT2D eigenvalue weighted by molar-refractivity contribution is 5.27. The number of rotatable bonds is 7. The molecule has 2 rings (SSSR count). The summed E-state index contributed by atoms with van der Waals surface area (Å²) in [6, 6.07) is 7.70. The SMILES string of the molecule is COc1cccc(COC[C@@H](O)CN2CCC[C@H](O)C2)c1. The molecule has 1 aliphatic rings. The van der Waals surface area contributed by atoms with Gasteiger partial charge in [-0.25, -0.2) is 0 Å². The summed E-state index contributed by atoms with van der Waals surface area (Å²) in [5, 5.41) is 19.6. The van der Waals surface area contributed by atoms with E-state index in [9.17, 15) is 10.2 Å². The number of β-amino-alcohol motifs (C(OH)–C–C–N with tert-alkyl or cyclic N) is 2. The molecule has 1 aliphatic heterocycles. The van der Waals surface area contributed by atoms with E-state index in [4.69, 9.17) is 9.47 Å². The highest BCUT2D eigenvalue weighted by Gasteiger charge is 2.19. The zero-order chi connectivity index (χ0) is 15.1. The van der Waals surface area contributed by atoms with Gasteiger partial charge in [0.25, 0.3) is 0 Å². The van der Waals surface area contributed by atoms with Crippen molar-refractivity contribution in [3.8, 4) is 5.75 Å². The Kier molecular flexibility index (Phi) is 6.45. The van der Waals surface area contributed by atoms with E-state index in [-0.39, 0.29) is 6.10 Å². The van der Waals surface area contributed by atoms with Crippen molar-refractivity contribution in [2.75, 3.05) is 33.4 Å². The Balaban J connectivity index is 1.67. The summed E-state index contributed by atoms with van der Waals surface area (Å²) < 4.78 is 10.7. The van der Waals surface area contributed by atoms with Gasteiger partial charge in [-0.1, -0.05) is 12.1 Å². The molecule has 0 radical (unpaired) electrons. The second-order valence-electron chi connectivity index (χ2n) is 5.58. The maximum Gasteiger partial charge on any atom is 0.119 e. The van der Waals surface area contributed by atoms with E-state index >= 15 is 0 Å². The minimum atomic E-state index is -0.527. The van der Waals surface area contributed by atoms with Crippen LogP contribution >= 0.6 is 0 Å². The molecule has 5 heteroatoms. The molecular formula is C16H25NO4. The third kappa shape index (κ3) is 5.63. The first kappa shape index (κ1) is 16.2. The Morgan fingerprint density at radius 1 is 1.43 bits per heavy atom. The number of ether oxygens (including phenoxy) is 2. The van der Waals surface area contributed by atoms with Crippen LogP contribution < -0.4 is 4.74 Å². The summed E-state index contributed by atoms with van der Waals surface area (Å²) in [6.45, 7) is 2.88. The Bertz CT molecular complexity index is 426. The zero-order valence-corrected chi connectivity index (χ0v) is 12.6. The molecule has 1 heterocycles. The Morgan fingerprint density at radius 2 is 2.29 bits per heavy atom. The Hall–Kier alpha value is -1.14. The van der Waals surface area contributed by atoms with Crippen molar-refractivity contribution in [1.82, 2.24) is 4.90 Å². The fourth-order valence-corrected chi connectivity index (χ4v) is 2.62. The number of hydrogen-bond donors (Lipinski definition) is 2. The minimum Gasteiger partial charge on any atom is -0.497 e. The minimum absolute atomic E-state index is 0.261. The van der Waals surface area contributed by atoms with Gasteiger partial charge >= 0.3 is 0 Å². The van der Waals surface area contributed by atoms with E-state index < -0.39 is 6.10 Å². The van der Waals surface area contributed by atoms with Crippen LogP contribution in [0.3, 0.4) is 0 Å². The number of methoxy groups -OCH3 is 1. The molecule has 2 atom stereocenters. The molecule has 21 heavy (non-hydrogen) atoms. The molecule has 1 fully saturated rings. The lowest BCUT2D eigenvalue weighted by atomic mass is 10.1. The number of hydrogen-bond acceptors (Lipinski definition) is 5. The summed E-state index contributed by atoms with van der Waals surface area (Å²) in [5.74, 6) is 0.805. The molecule has 0 unspecified atom stereocenters. The second-order valence-corrected chi connectivity index (χ2v) is 5.58. The number of aliphatic hydroxyl groups is 2. The molecule has 0 aromatic heterocycles. The lowest BCUT2D eigenvalue weighted by molar-refractivity contribution is -0.00736. The first-order valence-electron chi connectivity index (χ1n) is 7.46. The van der Waals surface area contributed by atoms with Crippen LogP contribution in [0.1, 0.15) is 18.4 Å². The number of benzene rings is 1. The molecule has 0 saturated carbocycles. The van der Waals surface area contributed by atoms with Crippen molar-refractivity contribution in [3.63, 3.8) is 0 Å². The zero-order valence-electron chi connectivity index (χ0n) is 12.6. The van der Waals surface area contributed by atoms with Gasteiger partial charge in [0.15, 0.2) is 0 Å². The van der Waals surface area contributed by atoms with Crippen molar-refractivity contribution in [2.45, 2.75) is 31.7 Å². The average Bonchev–Trinajstić information content (AvgIpc) is 2.47. The molecule has 118 valence electrons. The van der Waals surface area contributed by atoms with Crippen molar-refractivity contribution >= 4 is 0 Å². The summed E-state index contributed by atoms with van der Waals surface area (Å²) in [7, 11) is 1.64. The topological polar surface area (TPSA) is 62.2 Å². The van der Waals surface area contributed by atoms with Crippen LogP contribution in [0.15, 0.2) is 24.3 Å². The highest BCUT2D eigenvalue weighted by Crippen LogP contribution is 2.14. The van der Waals surface area contributed by atoms with E-state index in [1.54, 1.807) is 7.11 Å². The first-order chi connectivity index (χ1) is 10.2. The lowest BCUT2D eigenvalue weighted by Gasteiger charge is -2.31. The van der Waals surface area contributed by atoms with Crippen LogP contribution in [0, 0.1) is 0 Å². The van der Waals surface area contributed by atoms with E-state index in [1.165, 1.54) is 0 Å². The molecule has 2 N–H and O–H groups in total. The van der Waals surface area contributed by atoms with Gasteiger partial charge in [0.05, 0.1) is 32.5 Å². The molecule has 1 aromatic rings. The second kappa shape index (κ2) is 8.34. The van der Waals surface area contributed by atoms with Crippen LogP contribution in [-0.4, -0.2) is 60.7 Å². The van der Waals surface area contributed by atoms with Crippen molar-refractivity contribution < 1.29 is 19.7 Å². The third-order valence-electron chi connectivity index (χ3n) is 3.66. The van der Waals surface area contributed by atoms with Crippen LogP contribution in [0.2, 0.25) is 0 Å². The monoisotopic (exact) mass is 295 g/mol. The van der Waals surface area contributed by atoms with Gasteiger partial charge in [-0.15, -0.1) is 0 Å². The Labute approximate surface area is 126 Å². The van der Waals surface area contributed by atoms with E-state index in [0.717, 1.165) is 30.7 Å². The molecule has 0 bridgehead atoms. The molecule has 5 nitrogen and oxygen atoms in total. The quantitative estimate of drug-likeness (QED) is 0.787. The van der Waals surface area contributed by atoms with Crippen LogP contribution in [0.25, 0.3) is 0 Å². The van der Waals surface area contributed by atoms with E-state index in [1.807, 2.05) is 24.3 Å². The van der Waals surface area contributed by atoms with Gasteiger partial charge in [-0.05, 0) is 37.1 Å². The smallest absolute Gasteiger partial charge is 0.119 e. The number of piperidine rings is 1. The van der Waals surface area contributed by atoms with Gasteiger partial charge in [0.1, 0.15) is 5.75 Å². The molecular weight excluding hydrogens is 270 g/mol. The van der Waals surface area contributed by atoms with E-state index in [0.29, 0.717) is 26.3 Å². The van der Waals surface area contributed by atoms with Crippen molar-refractivity contribution in [3.05, 3.63) is 29.8 Å². The number of aliphatic hydroxyl groups excluding tert-OH is 2. The van der Waals surface area contributed by atoms with Crippen LogP contribution in [0.5, 0.6) is 5.75 Å². The fourth-order valence-electron chi connectivity index (χ4n) is 2.62. The highest BCUT2D eigenvalue weighted by atomic mass is 16.5. The number of nitrogens with zero attached hydrogens (tertiary/aromatic N) is 1. The van der Waals surface area contributed by atoms with Gasteiger partial charge in [0, 0.05) is 13.1 Å². The van der Waals surface area contributed by atoms with Crippen molar-refractivity contribution in [1.29, 1.82) is 0 Å². The number of likely N-dealkylation sites (tertiary alicyclic amines) is 1. The predicted octanol–water partition coefficient (Wildman–Crippen LogP) is 1.03. The maximum absolute atomic E-state index is 9.99. The average molecular weight is 295 g/mol. The fraction of sp³-hybridized carbons (Fsp3) is 0.625. The van der Waals surface area contributed by atoms with Crippen LogP contribution in [0.4, 0.5) is 0 Å². The largest absolute Gasteiger partial charge is 0.497 e. The molecule has 0 amide bonds. The summed E-state index contributed by atoms with van der Waals surface area (Å²) in [5.41, 5.74) is 1.02. The maximum atomic E-state index is 9.99. The summed E-state index contributed by atoms with van der Waals surface area (Å²) in [6.07, 6.45) is 1.06. The molecule has 1 aromatic carbocycles. The van der Waals surface area contributed by atoms with Gasteiger partial charge < -0.3 is 19.7 Å². The third-order valence-corrected chi connectivity index (χ3v) is 3.66. The van der Waals surface area contributed by atoms with Gasteiger partial charge in [0.2, 0.25) is 0 Å². The summed E-state index contributed by atoms with van der Waals surface area (Å²) in [4.78, 5) is 2.09. The van der Waals surface area contributed by atoms with E-state index in [2.05, 4.69) is 4.90 Å². The molecule has 0 spiro atoms.